The van der Waals surface area contributed by atoms with E-state index in [1.807, 2.05) is 36.1 Å². The summed E-state index contributed by atoms with van der Waals surface area (Å²) in [5.74, 6) is -0.309. The van der Waals surface area contributed by atoms with Gasteiger partial charge in [-0.1, -0.05) is 36.6 Å². The lowest BCUT2D eigenvalue weighted by atomic mass is 10.1. The summed E-state index contributed by atoms with van der Waals surface area (Å²) in [4.78, 5) is 25.5. The fraction of sp³-hybridized carbons (Fsp3) is 0.500. The van der Waals surface area contributed by atoms with Gasteiger partial charge in [-0.25, -0.2) is 0 Å². The molecule has 1 fully saturated rings. The van der Waals surface area contributed by atoms with Crippen molar-refractivity contribution in [2.24, 2.45) is 5.73 Å². The van der Waals surface area contributed by atoms with Crippen LogP contribution >= 0.6 is 0 Å². The number of hydrogen-bond donors (Lipinski definition) is 1. The minimum atomic E-state index is -0.367. The van der Waals surface area contributed by atoms with Crippen LogP contribution in [0.1, 0.15) is 41.6 Å². The third-order valence-corrected chi connectivity index (χ3v) is 3.89. The van der Waals surface area contributed by atoms with Crippen LogP contribution in [0.15, 0.2) is 24.3 Å². The maximum Gasteiger partial charge on any atom is 0.231 e. The van der Waals surface area contributed by atoms with Crippen molar-refractivity contribution in [2.75, 3.05) is 13.1 Å². The Morgan fingerprint density at radius 3 is 2.55 bits per heavy atom. The molecule has 1 saturated carbocycles. The van der Waals surface area contributed by atoms with Gasteiger partial charge in [0.1, 0.15) is 0 Å². The van der Waals surface area contributed by atoms with E-state index in [4.69, 9.17) is 5.73 Å². The van der Waals surface area contributed by atoms with Crippen LogP contribution in [0.4, 0.5) is 0 Å². The third kappa shape index (κ3) is 3.90. The molecule has 0 radical (unpaired) electrons. The number of benzene rings is 1. The Hall–Kier alpha value is -1.68. The number of carbonyl (C=O) groups is 2. The molecule has 0 bridgehead atoms. The van der Waals surface area contributed by atoms with Crippen LogP contribution in [0.5, 0.6) is 0 Å². The molecule has 0 aromatic heterocycles. The van der Waals surface area contributed by atoms with E-state index in [9.17, 15) is 9.59 Å². The predicted octanol–water partition coefficient (Wildman–Crippen LogP) is 1.91. The molecule has 0 atom stereocenters. The molecule has 20 heavy (non-hydrogen) atoms. The molecule has 108 valence electrons. The van der Waals surface area contributed by atoms with Gasteiger partial charge in [0.05, 0.1) is 13.1 Å². The lowest BCUT2D eigenvalue weighted by molar-refractivity contribution is -0.119. The first-order chi connectivity index (χ1) is 9.56. The molecule has 0 aliphatic heterocycles. The van der Waals surface area contributed by atoms with Crippen molar-refractivity contribution in [2.45, 2.75) is 38.6 Å². The molecule has 1 aliphatic carbocycles. The lowest BCUT2D eigenvalue weighted by Gasteiger charge is -2.26. The number of nitrogens with two attached hydrogens (primary N) is 1. The largest absolute Gasteiger partial charge is 0.369 e. The normalized spacial score (nSPS) is 15.7. The van der Waals surface area contributed by atoms with Crippen LogP contribution in [-0.4, -0.2) is 35.7 Å². The van der Waals surface area contributed by atoms with Gasteiger partial charge in [-0.05, 0) is 25.8 Å². The first-order valence-electron chi connectivity index (χ1n) is 7.18. The Kier molecular flexibility index (Phi) is 4.90. The maximum absolute atomic E-state index is 12.4. The number of primary amides is 1. The summed E-state index contributed by atoms with van der Waals surface area (Å²) in [6.45, 7) is 2.41. The Labute approximate surface area is 119 Å². The van der Waals surface area contributed by atoms with Gasteiger partial charge >= 0.3 is 0 Å². The van der Waals surface area contributed by atoms with Gasteiger partial charge in [0, 0.05) is 11.6 Å². The number of ketones is 1. The summed E-state index contributed by atoms with van der Waals surface area (Å²) in [5, 5.41) is 0. The highest BCUT2D eigenvalue weighted by atomic mass is 16.1. The van der Waals surface area contributed by atoms with E-state index in [0.29, 0.717) is 11.6 Å². The van der Waals surface area contributed by atoms with Gasteiger partial charge in [0.2, 0.25) is 5.91 Å². The van der Waals surface area contributed by atoms with Crippen molar-refractivity contribution in [1.82, 2.24) is 4.90 Å². The molecule has 1 aliphatic rings. The molecule has 0 heterocycles. The van der Waals surface area contributed by atoms with Crippen LogP contribution in [-0.2, 0) is 4.79 Å². The number of amides is 1. The number of rotatable bonds is 6. The lowest BCUT2D eigenvalue weighted by Crippen LogP contribution is -2.43. The zero-order chi connectivity index (χ0) is 14.5. The molecule has 0 saturated heterocycles. The highest BCUT2D eigenvalue weighted by Crippen LogP contribution is 2.23. The average molecular weight is 274 g/mol. The number of aryl methyl sites for hydroxylation is 1. The van der Waals surface area contributed by atoms with E-state index >= 15 is 0 Å². The molecule has 4 heteroatoms. The molecule has 1 aromatic rings. The Balaban J connectivity index is 2.06. The smallest absolute Gasteiger partial charge is 0.231 e. The van der Waals surface area contributed by atoms with E-state index in [1.165, 1.54) is 12.8 Å². The zero-order valence-electron chi connectivity index (χ0n) is 12.0. The Morgan fingerprint density at radius 2 is 1.95 bits per heavy atom. The van der Waals surface area contributed by atoms with Gasteiger partial charge < -0.3 is 5.73 Å². The van der Waals surface area contributed by atoms with Gasteiger partial charge in [-0.2, -0.15) is 0 Å². The zero-order valence-corrected chi connectivity index (χ0v) is 12.0. The summed E-state index contributed by atoms with van der Waals surface area (Å²) < 4.78 is 0. The fourth-order valence-electron chi connectivity index (χ4n) is 2.88. The molecule has 1 amide bonds. The topological polar surface area (TPSA) is 63.4 Å². The quantitative estimate of drug-likeness (QED) is 0.806. The number of hydrogen-bond acceptors (Lipinski definition) is 3. The molecule has 0 spiro atoms. The Morgan fingerprint density at radius 1 is 1.25 bits per heavy atom. The van der Waals surface area contributed by atoms with E-state index in [1.54, 1.807) is 0 Å². The van der Waals surface area contributed by atoms with E-state index in [0.717, 1.165) is 18.4 Å². The number of Topliss-reactive ketones (excluding diaryl/α,β-unsaturated/α-hetero) is 1. The third-order valence-electron chi connectivity index (χ3n) is 3.89. The first-order valence-corrected chi connectivity index (χ1v) is 7.18. The number of nitrogens with zero attached hydrogens (tertiary/aromatic N) is 1. The summed E-state index contributed by atoms with van der Waals surface area (Å²) in [6, 6.07) is 7.88. The van der Waals surface area contributed by atoms with Crippen LogP contribution in [0.3, 0.4) is 0 Å². The minimum absolute atomic E-state index is 0.0573. The molecule has 4 nitrogen and oxygen atoms in total. The van der Waals surface area contributed by atoms with Crippen molar-refractivity contribution >= 4 is 11.7 Å². The number of carbonyl (C=O) groups excluding carboxylic acids is 2. The molecule has 2 N–H and O–H groups in total. The van der Waals surface area contributed by atoms with Crippen molar-refractivity contribution in [3.63, 3.8) is 0 Å². The SMILES string of the molecule is Cc1cccc(C(=O)CN(CC(N)=O)C2CCCC2)c1. The van der Waals surface area contributed by atoms with E-state index < -0.39 is 0 Å². The highest BCUT2D eigenvalue weighted by Gasteiger charge is 2.25. The Bertz CT molecular complexity index is 493. The van der Waals surface area contributed by atoms with E-state index in [-0.39, 0.29) is 24.8 Å². The molecular weight excluding hydrogens is 252 g/mol. The van der Waals surface area contributed by atoms with Gasteiger partial charge in [-0.3, -0.25) is 14.5 Å². The average Bonchev–Trinajstić information content (AvgIpc) is 2.91. The first kappa shape index (κ1) is 14.7. The van der Waals surface area contributed by atoms with E-state index in [2.05, 4.69) is 0 Å². The standard InChI is InChI=1S/C16H22N2O2/c1-12-5-4-6-13(9-12)15(19)10-18(11-16(17)20)14-7-2-3-8-14/h4-6,9,14H,2-3,7-8,10-11H2,1H3,(H2,17,20). The van der Waals surface area contributed by atoms with Crippen molar-refractivity contribution in [3.8, 4) is 0 Å². The van der Waals surface area contributed by atoms with Crippen molar-refractivity contribution in [1.29, 1.82) is 0 Å². The summed E-state index contributed by atoms with van der Waals surface area (Å²) in [6.07, 6.45) is 4.43. The monoisotopic (exact) mass is 274 g/mol. The molecule has 2 rings (SSSR count). The second-order valence-electron chi connectivity index (χ2n) is 5.60. The van der Waals surface area contributed by atoms with Crippen LogP contribution in [0.25, 0.3) is 0 Å². The van der Waals surface area contributed by atoms with Crippen molar-refractivity contribution < 1.29 is 9.59 Å². The summed E-state index contributed by atoms with van der Waals surface area (Å²) in [5.41, 5.74) is 7.08. The highest BCUT2D eigenvalue weighted by molar-refractivity contribution is 5.98. The second-order valence-corrected chi connectivity index (χ2v) is 5.60. The predicted molar refractivity (Wildman–Crippen MR) is 78.5 cm³/mol. The molecule has 1 aromatic carbocycles. The maximum atomic E-state index is 12.4. The minimum Gasteiger partial charge on any atom is -0.369 e. The second kappa shape index (κ2) is 6.66. The van der Waals surface area contributed by atoms with Gasteiger partial charge in [-0.15, -0.1) is 0 Å². The fourth-order valence-corrected chi connectivity index (χ4v) is 2.88. The van der Waals surface area contributed by atoms with Gasteiger partial charge in [0.25, 0.3) is 0 Å². The summed E-state index contributed by atoms with van der Waals surface area (Å²) in [7, 11) is 0. The van der Waals surface area contributed by atoms with Crippen LogP contribution in [0, 0.1) is 6.92 Å². The molecule has 0 unspecified atom stereocenters. The van der Waals surface area contributed by atoms with Gasteiger partial charge in [0.15, 0.2) is 5.78 Å². The van der Waals surface area contributed by atoms with Crippen LogP contribution in [0.2, 0.25) is 0 Å². The summed E-state index contributed by atoms with van der Waals surface area (Å²) >= 11 is 0. The van der Waals surface area contributed by atoms with Crippen molar-refractivity contribution in [3.05, 3.63) is 35.4 Å². The van der Waals surface area contributed by atoms with Crippen LogP contribution < -0.4 is 5.73 Å². The molecular formula is C16H22N2O2.